The zero-order valence-corrected chi connectivity index (χ0v) is 9.18. The molecule has 2 aromatic rings. The Morgan fingerprint density at radius 2 is 2.00 bits per heavy atom. The fourth-order valence-corrected chi connectivity index (χ4v) is 1.71. The van der Waals surface area contributed by atoms with Crippen molar-refractivity contribution in [3.63, 3.8) is 0 Å². The summed E-state index contributed by atoms with van der Waals surface area (Å²) in [4.78, 5) is 4.16. The van der Waals surface area contributed by atoms with Crippen LogP contribution in [0.4, 0.5) is 0 Å². The maximum atomic E-state index is 5.50. The van der Waals surface area contributed by atoms with Gasteiger partial charge in [-0.2, -0.15) is 0 Å². The summed E-state index contributed by atoms with van der Waals surface area (Å²) in [5, 5.41) is 0. The van der Waals surface area contributed by atoms with Crippen molar-refractivity contribution in [1.82, 2.24) is 4.98 Å². The molecule has 3 rings (SSSR count). The molecule has 0 unspecified atom stereocenters. The van der Waals surface area contributed by atoms with Gasteiger partial charge in [0.05, 0.1) is 12.7 Å². The fourth-order valence-electron chi connectivity index (χ4n) is 1.71. The van der Waals surface area contributed by atoms with Crippen molar-refractivity contribution >= 4 is 0 Å². The van der Waals surface area contributed by atoms with Crippen LogP contribution in [-0.4, -0.2) is 18.2 Å². The molecule has 0 bridgehead atoms. The van der Waals surface area contributed by atoms with Crippen molar-refractivity contribution < 1.29 is 13.9 Å². The van der Waals surface area contributed by atoms with Crippen molar-refractivity contribution in [3.8, 4) is 23.0 Å². The maximum absolute atomic E-state index is 5.50. The molecule has 0 spiro atoms. The number of rotatable bonds is 2. The summed E-state index contributed by atoms with van der Waals surface area (Å²) in [6.07, 6.45) is 1.63. The Bertz CT molecular complexity index is 536. The summed E-state index contributed by atoms with van der Waals surface area (Å²) in [6, 6.07) is 5.61. The lowest BCUT2D eigenvalue weighted by atomic mass is 10.2. The molecule has 0 saturated carbocycles. The molecule has 88 valence electrons. The molecule has 1 aliphatic heterocycles. The predicted molar refractivity (Wildman–Crippen MR) is 60.8 cm³/mol. The summed E-state index contributed by atoms with van der Waals surface area (Å²) < 4.78 is 16.4. The SMILES string of the molecule is NCc1cnc(-c2ccc3c(c2)OCCO3)o1. The van der Waals surface area contributed by atoms with Gasteiger partial charge in [0.25, 0.3) is 0 Å². The van der Waals surface area contributed by atoms with E-state index in [4.69, 9.17) is 19.6 Å². The molecular weight excluding hydrogens is 220 g/mol. The molecule has 0 amide bonds. The number of nitrogens with zero attached hydrogens (tertiary/aromatic N) is 1. The molecular formula is C12H12N2O3. The molecule has 2 heterocycles. The number of oxazole rings is 1. The van der Waals surface area contributed by atoms with E-state index < -0.39 is 0 Å². The van der Waals surface area contributed by atoms with E-state index in [0.717, 1.165) is 17.1 Å². The summed E-state index contributed by atoms with van der Waals surface area (Å²) in [5.74, 6) is 2.68. The van der Waals surface area contributed by atoms with E-state index in [1.165, 1.54) is 0 Å². The van der Waals surface area contributed by atoms with Crippen LogP contribution < -0.4 is 15.2 Å². The van der Waals surface area contributed by atoms with Gasteiger partial charge in [-0.05, 0) is 18.2 Å². The van der Waals surface area contributed by atoms with E-state index in [2.05, 4.69) is 4.98 Å². The van der Waals surface area contributed by atoms with Gasteiger partial charge >= 0.3 is 0 Å². The highest BCUT2D eigenvalue weighted by Crippen LogP contribution is 2.34. The Kier molecular flexibility index (Phi) is 2.45. The summed E-state index contributed by atoms with van der Waals surface area (Å²) in [5.41, 5.74) is 6.33. The van der Waals surface area contributed by atoms with Crippen molar-refractivity contribution in [3.05, 3.63) is 30.2 Å². The predicted octanol–water partition coefficient (Wildman–Crippen LogP) is 1.57. The van der Waals surface area contributed by atoms with E-state index in [1.54, 1.807) is 6.20 Å². The third-order valence-corrected chi connectivity index (χ3v) is 2.54. The van der Waals surface area contributed by atoms with E-state index in [9.17, 15) is 0 Å². The monoisotopic (exact) mass is 232 g/mol. The lowest BCUT2D eigenvalue weighted by Gasteiger charge is -2.18. The van der Waals surface area contributed by atoms with Crippen LogP contribution in [0, 0.1) is 0 Å². The van der Waals surface area contributed by atoms with Crippen LogP contribution in [0.5, 0.6) is 11.5 Å². The van der Waals surface area contributed by atoms with Gasteiger partial charge in [0, 0.05) is 5.56 Å². The standard InChI is InChI=1S/C12H12N2O3/c13-6-9-7-14-12(17-9)8-1-2-10-11(5-8)16-4-3-15-10/h1-2,5,7H,3-4,6,13H2. The van der Waals surface area contributed by atoms with Gasteiger partial charge in [0.15, 0.2) is 11.5 Å². The molecule has 1 aromatic heterocycles. The molecule has 0 saturated heterocycles. The zero-order chi connectivity index (χ0) is 11.7. The molecule has 17 heavy (non-hydrogen) atoms. The number of fused-ring (bicyclic) bond motifs is 1. The number of hydrogen-bond donors (Lipinski definition) is 1. The minimum Gasteiger partial charge on any atom is -0.486 e. The molecule has 2 N–H and O–H groups in total. The smallest absolute Gasteiger partial charge is 0.226 e. The second-order valence-corrected chi connectivity index (χ2v) is 3.69. The lowest BCUT2D eigenvalue weighted by molar-refractivity contribution is 0.171. The molecule has 0 radical (unpaired) electrons. The highest BCUT2D eigenvalue weighted by atomic mass is 16.6. The van der Waals surface area contributed by atoms with Crippen molar-refractivity contribution in [1.29, 1.82) is 0 Å². The highest BCUT2D eigenvalue weighted by Gasteiger charge is 2.14. The summed E-state index contributed by atoms with van der Waals surface area (Å²) >= 11 is 0. The van der Waals surface area contributed by atoms with E-state index in [0.29, 0.717) is 31.4 Å². The van der Waals surface area contributed by atoms with Gasteiger partial charge in [-0.1, -0.05) is 0 Å². The summed E-state index contributed by atoms with van der Waals surface area (Å²) in [6.45, 7) is 1.50. The van der Waals surface area contributed by atoms with E-state index in [-0.39, 0.29) is 0 Å². The third kappa shape index (κ3) is 1.85. The van der Waals surface area contributed by atoms with Gasteiger partial charge in [-0.15, -0.1) is 0 Å². The topological polar surface area (TPSA) is 70.5 Å². The van der Waals surface area contributed by atoms with Gasteiger partial charge in [-0.25, -0.2) is 4.98 Å². The van der Waals surface area contributed by atoms with Crippen LogP contribution in [0.25, 0.3) is 11.5 Å². The Labute approximate surface area is 98.2 Å². The number of hydrogen-bond acceptors (Lipinski definition) is 5. The average Bonchev–Trinajstić information content (AvgIpc) is 2.87. The van der Waals surface area contributed by atoms with E-state index in [1.807, 2.05) is 18.2 Å². The van der Waals surface area contributed by atoms with Crippen LogP contribution in [0.1, 0.15) is 5.76 Å². The first-order valence-electron chi connectivity index (χ1n) is 5.41. The first kappa shape index (κ1) is 10.2. The number of aromatic nitrogens is 1. The first-order chi connectivity index (χ1) is 8.36. The second-order valence-electron chi connectivity index (χ2n) is 3.69. The van der Waals surface area contributed by atoms with Crippen LogP contribution in [-0.2, 0) is 6.54 Å². The van der Waals surface area contributed by atoms with Crippen LogP contribution in [0.15, 0.2) is 28.8 Å². The largest absolute Gasteiger partial charge is 0.486 e. The Balaban J connectivity index is 1.97. The molecule has 0 aliphatic carbocycles. The molecule has 5 heteroatoms. The molecule has 0 atom stereocenters. The minimum atomic E-state index is 0.345. The Hall–Kier alpha value is -2.01. The van der Waals surface area contributed by atoms with Gasteiger partial charge in [0.1, 0.15) is 19.0 Å². The number of ether oxygens (including phenoxy) is 2. The van der Waals surface area contributed by atoms with Crippen LogP contribution >= 0.6 is 0 Å². The summed E-state index contributed by atoms with van der Waals surface area (Å²) in [7, 11) is 0. The van der Waals surface area contributed by atoms with Crippen molar-refractivity contribution in [2.24, 2.45) is 5.73 Å². The molecule has 5 nitrogen and oxygen atoms in total. The normalized spacial score (nSPS) is 13.7. The molecule has 1 aliphatic rings. The van der Waals surface area contributed by atoms with Crippen LogP contribution in [0.2, 0.25) is 0 Å². The number of nitrogens with two attached hydrogens (primary N) is 1. The average molecular weight is 232 g/mol. The fraction of sp³-hybridized carbons (Fsp3) is 0.250. The Morgan fingerprint density at radius 1 is 1.18 bits per heavy atom. The highest BCUT2D eigenvalue weighted by molar-refractivity contribution is 5.60. The lowest BCUT2D eigenvalue weighted by Crippen LogP contribution is -2.15. The van der Waals surface area contributed by atoms with Crippen molar-refractivity contribution in [2.75, 3.05) is 13.2 Å². The first-order valence-corrected chi connectivity index (χ1v) is 5.41. The van der Waals surface area contributed by atoms with E-state index >= 15 is 0 Å². The quantitative estimate of drug-likeness (QED) is 0.851. The molecule has 0 fully saturated rings. The van der Waals surface area contributed by atoms with Gasteiger partial charge in [0.2, 0.25) is 5.89 Å². The Morgan fingerprint density at radius 3 is 2.76 bits per heavy atom. The maximum Gasteiger partial charge on any atom is 0.226 e. The minimum absolute atomic E-state index is 0.345. The van der Waals surface area contributed by atoms with Crippen LogP contribution in [0.3, 0.4) is 0 Å². The van der Waals surface area contributed by atoms with Crippen molar-refractivity contribution in [2.45, 2.75) is 6.54 Å². The number of benzene rings is 1. The van der Waals surface area contributed by atoms with Gasteiger partial charge in [-0.3, -0.25) is 0 Å². The van der Waals surface area contributed by atoms with Gasteiger partial charge < -0.3 is 19.6 Å². The zero-order valence-electron chi connectivity index (χ0n) is 9.18. The third-order valence-electron chi connectivity index (χ3n) is 2.54. The molecule has 1 aromatic carbocycles. The second kappa shape index (κ2) is 4.10.